The van der Waals surface area contributed by atoms with Crippen LogP contribution in [0.15, 0.2) is 0 Å². The largest absolute Gasteiger partial charge is 0.396 e. The van der Waals surface area contributed by atoms with Gasteiger partial charge in [0, 0.05) is 31.5 Å². The van der Waals surface area contributed by atoms with E-state index in [2.05, 4.69) is 9.81 Å². The van der Waals surface area contributed by atoms with E-state index >= 15 is 0 Å². The van der Waals surface area contributed by atoms with Gasteiger partial charge in [-0.25, -0.2) is 0 Å². The summed E-state index contributed by atoms with van der Waals surface area (Å²) in [6.07, 6.45) is 3.20. The summed E-state index contributed by atoms with van der Waals surface area (Å²) < 4.78 is 4.63. The molecule has 0 amide bonds. The Kier molecular flexibility index (Phi) is 9.41. The molecule has 0 aliphatic carbocycles. The lowest BCUT2D eigenvalue weighted by molar-refractivity contribution is -0.270. The number of nitrogens with two attached hydrogens (primary N) is 1. The van der Waals surface area contributed by atoms with Crippen LogP contribution in [0.1, 0.15) is 19.3 Å². The van der Waals surface area contributed by atoms with Gasteiger partial charge in [-0.2, -0.15) is 5.48 Å². The first-order valence-corrected chi connectivity index (χ1v) is 5.95. The number of nitrogens with one attached hydrogen (secondary N) is 1. The van der Waals surface area contributed by atoms with E-state index in [0.717, 1.165) is 12.0 Å². The SMILES string of the molecule is CSOONC(CCN)(CCO)CCO. The Morgan fingerprint density at radius 1 is 1.27 bits per heavy atom. The summed E-state index contributed by atoms with van der Waals surface area (Å²) in [7, 11) is 0. The predicted molar refractivity (Wildman–Crippen MR) is 58.6 cm³/mol. The van der Waals surface area contributed by atoms with Crippen molar-refractivity contribution >= 4 is 12.0 Å². The molecule has 0 rings (SSSR count). The fourth-order valence-corrected chi connectivity index (χ4v) is 1.47. The average molecular weight is 240 g/mol. The van der Waals surface area contributed by atoms with Crippen LogP contribution in [0, 0.1) is 0 Å². The van der Waals surface area contributed by atoms with E-state index in [1.807, 2.05) is 0 Å². The molecule has 7 heteroatoms. The van der Waals surface area contributed by atoms with E-state index < -0.39 is 5.54 Å². The molecule has 0 spiro atoms. The molecule has 0 saturated heterocycles. The van der Waals surface area contributed by atoms with Crippen molar-refractivity contribution in [3.63, 3.8) is 0 Å². The Bertz CT molecular complexity index is 134. The van der Waals surface area contributed by atoms with Gasteiger partial charge in [0.1, 0.15) is 0 Å². The van der Waals surface area contributed by atoms with Gasteiger partial charge in [-0.3, -0.25) is 0 Å². The Labute approximate surface area is 94.2 Å². The molecule has 0 aliphatic heterocycles. The average Bonchev–Trinajstić information content (AvgIpc) is 2.19. The van der Waals surface area contributed by atoms with Gasteiger partial charge in [-0.15, -0.1) is 9.32 Å². The van der Waals surface area contributed by atoms with Crippen LogP contribution in [0.5, 0.6) is 0 Å². The van der Waals surface area contributed by atoms with Gasteiger partial charge in [-0.05, 0) is 25.8 Å². The van der Waals surface area contributed by atoms with Crippen molar-refractivity contribution < 1.29 is 19.5 Å². The Hall–Kier alpha value is 0.110. The fourth-order valence-electron chi connectivity index (χ4n) is 1.37. The van der Waals surface area contributed by atoms with E-state index in [9.17, 15) is 0 Å². The minimum absolute atomic E-state index is 0.00434. The smallest absolute Gasteiger partial charge is 0.0518 e. The first kappa shape index (κ1) is 15.1. The van der Waals surface area contributed by atoms with Gasteiger partial charge in [0.15, 0.2) is 0 Å². The molecule has 0 heterocycles. The molecule has 0 unspecified atom stereocenters. The van der Waals surface area contributed by atoms with Crippen molar-refractivity contribution in [1.29, 1.82) is 0 Å². The van der Waals surface area contributed by atoms with Crippen LogP contribution in [0.3, 0.4) is 0 Å². The number of hydrogen-bond acceptors (Lipinski definition) is 7. The third kappa shape index (κ3) is 6.31. The third-order valence-electron chi connectivity index (χ3n) is 2.16. The van der Waals surface area contributed by atoms with Crippen LogP contribution in [0.25, 0.3) is 0 Å². The molecule has 0 aliphatic rings. The number of aliphatic hydroxyl groups excluding tert-OH is 2. The second-order valence-corrected chi connectivity index (χ2v) is 3.66. The summed E-state index contributed by atoms with van der Waals surface area (Å²) in [5.74, 6) is 0. The maximum atomic E-state index is 8.95. The van der Waals surface area contributed by atoms with Gasteiger partial charge in [-0.1, -0.05) is 0 Å². The minimum atomic E-state index is -0.534. The highest BCUT2D eigenvalue weighted by molar-refractivity contribution is 7.93. The van der Waals surface area contributed by atoms with Crippen molar-refractivity contribution in [3.05, 3.63) is 0 Å². The van der Waals surface area contributed by atoms with Crippen molar-refractivity contribution in [1.82, 2.24) is 5.48 Å². The highest BCUT2D eigenvalue weighted by Crippen LogP contribution is 2.19. The van der Waals surface area contributed by atoms with E-state index in [4.69, 9.17) is 20.9 Å². The quantitative estimate of drug-likeness (QED) is 0.178. The molecule has 5 N–H and O–H groups in total. The number of hydrogen-bond donors (Lipinski definition) is 4. The summed E-state index contributed by atoms with van der Waals surface area (Å²) in [6, 6.07) is 0. The Morgan fingerprint density at radius 2 is 1.87 bits per heavy atom. The zero-order valence-electron chi connectivity index (χ0n) is 8.94. The molecule has 0 bridgehead atoms. The Balaban J connectivity index is 4.18. The van der Waals surface area contributed by atoms with E-state index in [0.29, 0.717) is 25.8 Å². The standard InChI is InChI=1S/C8H20N2O4S/c1-15-14-13-10-8(2-5-9,3-6-11)4-7-12/h10-12H,2-7,9H2,1H3. The number of rotatable bonds is 10. The summed E-state index contributed by atoms with van der Waals surface area (Å²) in [6.45, 7) is 0.431. The summed E-state index contributed by atoms with van der Waals surface area (Å²) in [5, 5.41) is 17.9. The number of hydroxylamine groups is 1. The molecule has 0 aromatic heterocycles. The van der Waals surface area contributed by atoms with E-state index in [1.54, 1.807) is 6.26 Å². The molecule has 0 aromatic rings. The molecule has 0 fully saturated rings. The highest BCUT2D eigenvalue weighted by atomic mass is 32.2. The summed E-state index contributed by atoms with van der Waals surface area (Å²) >= 11 is 1.06. The summed E-state index contributed by atoms with van der Waals surface area (Å²) in [4.78, 5) is 4.74. The van der Waals surface area contributed by atoms with Gasteiger partial charge in [0.25, 0.3) is 0 Å². The molecule has 0 atom stereocenters. The maximum absolute atomic E-state index is 8.95. The normalized spacial score (nSPS) is 12.0. The predicted octanol–water partition coefficient (Wildman–Crippen LogP) is -0.430. The van der Waals surface area contributed by atoms with Crippen LogP contribution < -0.4 is 11.2 Å². The number of aliphatic hydroxyl groups is 2. The molecular weight excluding hydrogens is 220 g/mol. The maximum Gasteiger partial charge on any atom is 0.0518 e. The van der Waals surface area contributed by atoms with Gasteiger partial charge < -0.3 is 15.9 Å². The van der Waals surface area contributed by atoms with Crippen molar-refractivity contribution in [2.45, 2.75) is 24.8 Å². The van der Waals surface area contributed by atoms with Crippen molar-refractivity contribution in [2.24, 2.45) is 5.73 Å². The van der Waals surface area contributed by atoms with Crippen LogP contribution in [-0.4, -0.2) is 41.8 Å². The summed E-state index contributed by atoms with van der Waals surface area (Å²) in [5.41, 5.74) is 7.63. The lowest BCUT2D eigenvalue weighted by Gasteiger charge is -2.31. The van der Waals surface area contributed by atoms with Crippen LogP contribution in [-0.2, 0) is 9.32 Å². The molecule has 6 nitrogen and oxygen atoms in total. The molecule has 0 radical (unpaired) electrons. The highest BCUT2D eigenvalue weighted by Gasteiger charge is 2.29. The molecule has 15 heavy (non-hydrogen) atoms. The van der Waals surface area contributed by atoms with Crippen LogP contribution in [0.2, 0.25) is 0 Å². The zero-order valence-corrected chi connectivity index (χ0v) is 9.76. The van der Waals surface area contributed by atoms with Gasteiger partial charge >= 0.3 is 0 Å². The second kappa shape index (κ2) is 9.34. The fraction of sp³-hybridized carbons (Fsp3) is 1.00. The zero-order chi connectivity index (χ0) is 11.6. The topological polar surface area (TPSA) is 97.0 Å². The van der Waals surface area contributed by atoms with Gasteiger partial charge in [0.05, 0.1) is 5.54 Å². The van der Waals surface area contributed by atoms with Crippen LogP contribution >= 0.6 is 12.0 Å². The van der Waals surface area contributed by atoms with E-state index in [1.165, 1.54) is 0 Å². The van der Waals surface area contributed by atoms with Crippen molar-refractivity contribution in [3.8, 4) is 0 Å². The lowest BCUT2D eigenvalue weighted by Crippen LogP contribution is -2.48. The first-order chi connectivity index (χ1) is 7.24. The van der Waals surface area contributed by atoms with Gasteiger partial charge in [0.2, 0.25) is 0 Å². The molecule has 0 saturated carbocycles. The first-order valence-electron chi connectivity index (χ1n) is 4.80. The Morgan fingerprint density at radius 3 is 2.27 bits per heavy atom. The van der Waals surface area contributed by atoms with E-state index in [-0.39, 0.29) is 13.2 Å². The molecular formula is C8H20N2O4S. The lowest BCUT2D eigenvalue weighted by atomic mass is 9.89. The minimum Gasteiger partial charge on any atom is -0.396 e. The third-order valence-corrected chi connectivity index (χ3v) is 2.37. The van der Waals surface area contributed by atoms with Crippen molar-refractivity contribution in [2.75, 3.05) is 26.0 Å². The van der Waals surface area contributed by atoms with Crippen LogP contribution in [0.4, 0.5) is 0 Å². The monoisotopic (exact) mass is 240 g/mol. The molecule has 92 valence electrons. The second-order valence-electron chi connectivity index (χ2n) is 3.19. The molecule has 0 aromatic carbocycles.